The molecular formula is C10H16N2O2. The predicted octanol–water partition coefficient (Wildman–Crippen LogP) is 0.754. The minimum absolute atomic E-state index is 0.0356. The first-order chi connectivity index (χ1) is 6.61. The largest absolute Gasteiger partial charge is 0.391 e. The minimum Gasteiger partial charge on any atom is -0.391 e. The van der Waals surface area contributed by atoms with Gasteiger partial charge in [0.2, 0.25) is 0 Å². The molecule has 1 fully saturated rings. The Balaban J connectivity index is 2.16. The van der Waals surface area contributed by atoms with Crippen LogP contribution in [0.3, 0.4) is 0 Å². The van der Waals surface area contributed by atoms with Gasteiger partial charge >= 0.3 is 0 Å². The van der Waals surface area contributed by atoms with Gasteiger partial charge in [-0.15, -0.1) is 0 Å². The summed E-state index contributed by atoms with van der Waals surface area (Å²) in [6.45, 7) is 3.73. The molecule has 4 nitrogen and oxygen atoms in total. The van der Waals surface area contributed by atoms with Crippen molar-refractivity contribution in [1.29, 1.82) is 0 Å². The molecule has 3 unspecified atom stereocenters. The number of carbonyl (C=O) groups excluding carboxylic acids is 1. The van der Waals surface area contributed by atoms with Crippen LogP contribution in [0.15, 0.2) is 5.10 Å². The number of hydrogen-bond acceptors (Lipinski definition) is 3. The fraction of sp³-hybridized carbons (Fsp3) is 0.800. The third kappa shape index (κ3) is 1.34. The summed E-state index contributed by atoms with van der Waals surface area (Å²) >= 11 is 0. The number of aliphatic hydroxyl groups is 1. The molecule has 1 heterocycles. The van der Waals surface area contributed by atoms with Gasteiger partial charge in [-0.1, -0.05) is 0 Å². The first kappa shape index (κ1) is 9.65. The maximum atomic E-state index is 11.7. The van der Waals surface area contributed by atoms with E-state index < -0.39 is 0 Å². The monoisotopic (exact) mass is 196 g/mol. The van der Waals surface area contributed by atoms with Gasteiger partial charge in [-0.2, -0.15) is 5.10 Å². The van der Waals surface area contributed by atoms with Crippen LogP contribution < -0.4 is 0 Å². The van der Waals surface area contributed by atoms with Crippen molar-refractivity contribution in [3.8, 4) is 0 Å². The molecule has 2 rings (SSSR count). The quantitative estimate of drug-likeness (QED) is 0.673. The van der Waals surface area contributed by atoms with Crippen molar-refractivity contribution in [2.75, 3.05) is 0 Å². The third-order valence-corrected chi connectivity index (χ3v) is 3.25. The molecule has 1 amide bonds. The number of hydrogen-bond donors (Lipinski definition) is 1. The highest BCUT2D eigenvalue weighted by molar-refractivity contribution is 6.06. The van der Waals surface area contributed by atoms with Crippen molar-refractivity contribution < 1.29 is 9.90 Å². The summed E-state index contributed by atoms with van der Waals surface area (Å²) < 4.78 is 0. The fourth-order valence-electron chi connectivity index (χ4n) is 2.13. The molecule has 0 saturated heterocycles. The summed E-state index contributed by atoms with van der Waals surface area (Å²) in [5, 5.41) is 15.4. The van der Waals surface area contributed by atoms with E-state index in [0.29, 0.717) is 0 Å². The van der Waals surface area contributed by atoms with Crippen LogP contribution in [0, 0.1) is 5.92 Å². The Hall–Kier alpha value is -0.900. The molecule has 0 aromatic carbocycles. The second kappa shape index (κ2) is 3.35. The fourth-order valence-corrected chi connectivity index (χ4v) is 2.13. The normalized spacial score (nSPS) is 37.9. The molecule has 0 radical (unpaired) electrons. The first-order valence-electron chi connectivity index (χ1n) is 5.17. The molecule has 1 N–H and O–H groups in total. The number of aliphatic hydroxyl groups excluding tert-OH is 1. The van der Waals surface area contributed by atoms with E-state index >= 15 is 0 Å². The lowest BCUT2D eigenvalue weighted by Crippen LogP contribution is -2.40. The molecule has 78 valence electrons. The molecular weight excluding hydrogens is 180 g/mol. The molecule has 1 aliphatic heterocycles. The first-order valence-corrected chi connectivity index (χ1v) is 5.17. The van der Waals surface area contributed by atoms with Gasteiger partial charge in [-0.3, -0.25) is 4.79 Å². The molecule has 0 aromatic rings. The van der Waals surface area contributed by atoms with Crippen LogP contribution in [0.4, 0.5) is 0 Å². The van der Waals surface area contributed by atoms with Crippen molar-refractivity contribution >= 4 is 11.6 Å². The Morgan fingerprint density at radius 2 is 2.21 bits per heavy atom. The van der Waals surface area contributed by atoms with Crippen LogP contribution in [0.2, 0.25) is 0 Å². The van der Waals surface area contributed by atoms with Gasteiger partial charge in [0.1, 0.15) is 0 Å². The summed E-state index contributed by atoms with van der Waals surface area (Å²) in [7, 11) is 0. The van der Waals surface area contributed by atoms with E-state index in [4.69, 9.17) is 0 Å². The van der Waals surface area contributed by atoms with Crippen LogP contribution in [-0.2, 0) is 4.79 Å². The average Bonchev–Trinajstić information content (AvgIpc) is 2.66. The summed E-state index contributed by atoms with van der Waals surface area (Å²) in [5.41, 5.74) is 0.856. The number of rotatable bonds is 1. The number of carbonyl (C=O) groups is 1. The van der Waals surface area contributed by atoms with Crippen LogP contribution >= 0.6 is 0 Å². The minimum atomic E-state index is -0.388. The van der Waals surface area contributed by atoms with Crippen LogP contribution in [0.25, 0.3) is 0 Å². The molecule has 0 bridgehead atoms. The van der Waals surface area contributed by atoms with E-state index in [2.05, 4.69) is 5.10 Å². The second-order valence-corrected chi connectivity index (χ2v) is 4.21. The summed E-state index contributed by atoms with van der Waals surface area (Å²) in [6.07, 6.45) is 2.26. The van der Waals surface area contributed by atoms with Gasteiger partial charge in [-0.05, 0) is 33.1 Å². The van der Waals surface area contributed by atoms with Crippen molar-refractivity contribution in [3.05, 3.63) is 0 Å². The maximum Gasteiger partial charge on any atom is 0.251 e. The highest BCUT2D eigenvalue weighted by atomic mass is 16.3. The number of nitrogens with zero attached hydrogens (tertiary/aromatic N) is 2. The Bertz CT molecular complexity index is 288. The van der Waals surface area contributed by atoms with E-state index in [0.717, 1.165) is 25.0 Å². The molecule has 2 aliphatic rings. The van der Waals surface area contributed by atoms with E-state index in [1.54, 1.807) is 0 Å². The molecule has 4 heteroatoms. The zero-order valence-electron chi connectivity index (χ0n) is 8.60. The van der Waals surface area contributed by atoms with E-state index in [-0.39, 0.29) is 24.0 Å². The average molecular weight is 196 g/mol. The van der Waals surface area contributed by atoms with Gasteiger partial charge < -0.3 is 5.11 Å². The number of hydrazone groups is 1. The number of amides is 1. The molecule has 14 heavy (non-hydrogen) atoms. The van der Waals surface area contributed by atoms with Gasteiger partial charge in [0.15, 0.2) is 0 Å². The van der Waals surface area contributed by atoms with Gasteiger partial charge in [0, 0.05) is 5.71 Å². The standard InChI is InChI=1S/C10H16N2O2/c1-6-7(2)11-12(10(6)14)8-4-3-5-9(8)13/h6,8-9,13H,3-5H2,1-2H3. The highest BCUT2D eigenvalue weighted by Gasteiger charge is 2.39. The van der Waals surface area contributed by atoms with Crippen LogP contribution in [0.5, 0.6) is 0 Å². The SMILES string of the molecule is CC1=NN(C2CCCC2O)C(=O)C1C. The summed E-state index contributed by atoms with van der Waals surface area (Å²) in [4.78, 5) is 11.7. The molecule has 0 aromatic heterocycles. The molecule has 0 spiro atoms. The second-order valence-electron chi connectivity index (χ2n) is 4.21. The zero-order valence-corrected chi connectivity index (χ0v) is 8.60. The molecule has 1 aliphatic carbocycles. The topological polar surface area (TPSA) is 52.9 Å². The van der Waals surface area contributed by atoms with Gasteiger partial charge in [0.05, 0.1) is 18.1 Å². The predicted molar refractivity (Wildman–Crippen MR) is 52.8 cm³/mol. The van der Waals surface area contributed by atoms with Crippen molar-refractivity contribution in [3.63, 3.8) is 0 Å². The van der Waals surface area contributed by atoms with Crippen LogP contribution in [0.1, 0.15) is 33.1 Å². The summed E-state index contributed by atoms with van der Waals surface area (Å²) in [6, 6.07) is -0.0811. The maximum absolute atomic E-state index is 11.7. The lowest BCUT2D eigenvalue weighted by molar-refractivity contribution is -0.135. The Kier molecular flexibility index (Phi) is 2.31. The van der Waals surface area contributed by atoms with Crippen molar-refractivity contribution in [1.82, 2.24) is 5.01 Å². The lowest BCUT2D eigenvalue weighted by atomic mass is 10.1. The van der Waals surface area contributed by atoms with Gasteiger partial charge in [-0.25, -0.2) is 5.01 Å². The van der Waals surface area contributed by atoms with E-state index in [1.165, 1.54) is 5.01 Å². The van der Waals surface area contributed by atoms with Crippen LogP contribution in [-0.4, -0.2) is 33.9 Å². The van der Waals surface area contributed by atoms with E-state index in [9.17, 15) is 9.90 Å². The summed E-state index contributed by atoms with van der Waals surface area (Å²) in [5.74, 6) is -0.0729. The Morgan fingerprint density at radius 3 is 2.64 bits per heavy atom. The van der Waals surface area contributed by atoms with Crippen molar-refractivity contribution in [2.24, 2.45) is 11.0 Å². The Labute approximate surface area is 83.6 Å². The third-order valence-electron chi connectivity index (χ3n) is 3.25. The Morgan fingerprint density at radius 1 is 1.50 bits per heavy atom. The lowest BCUT2D eigenvalue weighted by Gasteiger charge is -2.23. The van der Waals surface area contributed by atoms with Crippen molar-refractivity contribution in [2.45, 2.75) is 45.3 Å². The molecule has 1 saturated carbocycles. The van der Waals surface area contributed by atoms with E-state index in [1.807, 2.05) is 13.8 Å². The van der Waals surface area contributed by atoms with Gasteiger partial charge in [0.25, 0.3) is 5.91 Å². The highest BCUT2D eigenvalue weighted by Crippen LogP contribution is 2.28. The zero-order chi connectivity index (χ0) is 10.3. The molecule has 3 atom stereocenters. The smallest absolute Gasteiger partial charge is 0.251 e.